The van der Waals surface area contributed by atoms with E-state index in [2.05, 4.69) is 61.1 Å². The van der Waals surface area contributed by atoms with Gasteiger partial charge in [0.25, 0.3) is 5.91 Å². The average molecular weight is 767 g/mol. The van der Waals surface area contributed by atoms with Crippen molar-refractivity contribution in [3.05, 3.63) is 58.2 Å². The minimum absolute atomic E-state index is 0.0540. The van der Waals surface area contributed by atoms with Crippen LogP contribution in [-0.4, -0.2) is 86.3 Å². The van der Waals surface area contributed by atoms with Gasteiger partial charge in [-0.05, 0) is 74.8 Å². The second kappa shape index (κ2) is 15.5. The Bertz CT molecular complexity index is 2150. The molecule has 55 heavy (non-hydrogen) atoms. The average Bonchev–Trinajstić information content (AvgIpc) is 3.46. The second-order valence-corrected chi connectivity index (χ2v) is 16.7. The molecule has 290 valence electrons. The highest BCUT2D eigenvalue weighted by molar-refractivity contribution is 7.10. The quantitative estimate of drug-likeness (QED) is 0.144. The molecule has 13 heteroatoms. The van der Waals surface area contributed by atoms with Gasteiger partial charge in [0.2, 0.25) is 5.91 Å². The first-order valence-corrected chi connectivity index (χ1v) is 20.0. The number of carbonyl (C=O) groups excluding carboxylic acids is 3. The summed E-state index contributed by atoms with van der Waals surface area (Å²) in [6.07, 6.45) is 9.26. The van der Waals surface area contributed by atoms with E-state index >= 15 is 0 Å². The van der Waals surface area contributed by atoms with E-state index in [0.717, 1.165) is 44.7 Å². The van der Waals surface area contributed by atoms with E-state index in [1.807, 2.05) is 25.3 Å². The van der Waals surface area contributed by atoms with Crippen LogP contribution in [0.3, 0.4) is 0 Å². The summed E-state index contributed by atoms with van der Waals surface area (Å²) in [6, 6.07) is 11.1. The highest BCUT2D eigenvalue weighted by Crippen LogP contribution is 2.47. The summed E-state index contributed by atoms with van der Waals surface area (Å²) < 4.78 is 14.2. The third-order valence-electron chi connectivity index (χ3n) is 11.6. The number of aliphatic hydroxyl groups excluding tert-OH is 1. The molecule has 2 N–H and O–H groups in total. The number of nitrogens with one attached hydrogen (secondary N) is 1. The first-order valence-electron chi connectivity index (χ1n) is 19.1. The highest BCUT2D eigenvalue weighted by Gasteiger charge is 2.54. The smallest absolute Gasteiger partial charge is 0.324 e. The maximum absolute atomic E-state index is 14.4. The third kappa shape index (κ3) is 7.29. The number of aromatic nitrogens is 3. The Kier molecular flexibility index (Phi) is 10.9. The van der Waals surface area contributed by atoms with E-state index in [1.54, 1.807) is 13.3 Å². The fraction of sp³-hybridized carbons (Fsp3) is 0.500. The van der Waals surface area contributed by atoms with Gasteiger partial charge in [-0.25, -0.2) is 10.4 Å². The molecule has 3 aliphatic rings. The van der Waals surface area contributed by atoms with Crippen LogP contribution in [0.2, 0.25) is 0 Å². The summed E-state index contributed by atoms with van der Waals surface area (Å²) in [5.41, 5.74) is 9.33. The molecule has 0 radical (unpaired) electrons. The van der Waals surface area contributed by atoms with Crippen molar-refractivity contribution >= 4 is 40.0 Å². The topological polar surface area (TPSA) is 139 Å². The minimum atomic E-state index is -1.08. The number of hydrogen-bond acceptors (Lipinski definition) is 10. The second-order valence-electron chi connectivity index (χ2n) is 15.8. The van der Waals surface area contributed by atoms with Crippen molar-refractivity contribution in [1.29, 1.82) is 0 Å². The van der Waals surface area contributed by atoms with Gasteiger partial charge in [0.1, 0.15) is 12.1 Å². The number of hydrazine groups is 1. The lowest BCUT2D eigenvalue weighted by atomic mass is 9.84. The van der Waals surface area contributed by atoms with E-state index in [1.165, 1.54) is 21.2 Å². The molecule has 2 aliphatic heterocycles. The van der Waals surface area contributed by atoms with Gasteiger partial charge in [-0.3, -0.25) is 29.3 Å². The van der Waals surface area contributed by atoms with Crippen molar-refractivity contribution in [1.82, 2.24) is 29.9 Å². The van der Waals surface area contributed by atoms with Crippen LogP contribution in [0.1, 0.15) is 69.8 Å². The largest absolute Gasteiger partial charge is 0.464 e. The fourth-order valence-electron chi connectivity index (χ4n) is 8.34. The number of cyclic esters (lactones) is 1. The van der Waals surface area contributed by atoms with Crippen LogP contribution < -0.4 is 5.43 Å². The number of thiazole rings is 1. The van der Waals surface area contributed by atoms with E-state index < -0.39 is 35.3 Å². The molecule has 6 bridgehead atoms. The molecule has 0 spiro atoms. The predicted molar refractivity (Wildman–Crippen MR) is 210 cm³/mol. The number of amides is 2. The monoisotopic (exact) mass is 766 g/mol. The molecular formula is C42H50N6O6S. The molecule has 7 rings (SSSR count). The first-order chi connectivity index (χ1) is 26.4. The molecule has 3 aromatic heterocycles. The standard InChI is InChI=1S/C42H50N6O6S/c1-8-46-33-15-14-26-18-28(33)29(38(46)27-12-10-16-43-37(27)25(4)53-7)20-42(5,6)23-54-41(52)31-13-11-17-48(45-31)39(50)34(19-35-44-32(26)22-55-35)47(9-2)40(51)36-24(3)30(36)21-49/h2,10,12,14-16,18,22,24-25,30-31,34,36,45,49H,8,11,13,17,19-21,23H2,1,3-7H3/t24-,25-,30+,31-,34-,36+/m0/s1. The van der Waals surface area contributed by atoms with E-state index in [4.69, 9.17) is 25.9 Å². The Morgan fingerprint density at radius 3 is 2.80 bits per heavy atom. The Balaban J connectivity index is 1.37. The zero-order valence-corrected chi connectivity index (χ0v) is 33.2. The number of methoxy groups -OCH3 is 1. The van der Waals surface area contributed by atoms with Crippen molar-refractivity contribution in [3.8, 4) is 35.0 Å². The van der Waals surface area contributed by atoms with Crippen molar-refractivity contribution in [2.75, 3.05) is 26.9 Å². The van der Waals surface area contributed by atoms with Crippen LogP contribution >= 0.6 is 11.3 Å². The van der Waals surface area contributed by atoms with Gasteiger partial charge in [-0.15, -0.1) is 11.3 Å². The number of benzene rings is 1. The van der Waals surface area contributed by atoms with Gasteiger partial charge in [0.05, 0.1) is 34.8 Å². The number of pyridine rings is 1. The summed E-state index contributed by atoms with van der Waals surface area (Å²) in [6.45, 7) is 11.3. The number of fused-ring (bicyclic) bond motifs is 6. The number of esters is 1. The van der Waals surface area contributed by atoms with Crippen molar-refractivity contribution < 1.29 is 29.0 Å². The molecule has 12 nitrogen and oxygen atoms in total. The summed E-state index contributed by atoms with van der Waals surface area (Å²) >= 11 is 1.41. The Hall–Kier alpha value is -4.61. The molecular weight excluding hydrogens is 717 g/mol. The SMILES string of the molecule is C#CN(C(=O)[C@@H]1[C@@H](C)[C@H]1CO)[C@H]1Cc2nc(cs2)-c2ccc3c(c2)c(c(-c2cccnc2[C@H](C)OC)n3CC)CC(C)(C)COC(=O)[C@@H]2CCCN(N2)C1=O. The molecule has 1 saturated heterocycles. The van der Waals surface area contributed by atoms with Crippen LogP contribution in [-0.2, 0) is 43.2 Å². The summed E-state index contributed by atoms with van der Waals surface area (Å²) in [7, 11) is 1.69. The number of aliphatic hydroxyl groups is 1. The molecule has 4 aromatic rings. The molecule has 6 atom stereocenters. The van der Waals surface area contributed by atoms with Crippen molar-refractivity contribution in [2.45, 2.75) is 85.0 Å². The molecule has 5 heterocycles. The van der Waals surface area contributed by atoms with E-state index in [-0.39, 0.29) is 43.5 Å². The highest BCUT2D eigenvalue weighted by atomic mass is 32.1. The Morgan fingerprint density at radius 1 is 1.29 bits per heavy atom. The summed E-state index contributed by atoms with van der Waals surface area (Å²) in [5.74, 6) is -1.98. The summed E-state index contributed by atoms with van der Waals surface area (Å²) in [5, 5.41) is 14.9. The molecule has 1 saturated carbocycles. The third-order valence-corrected chi connectivity index (χ3v) is 12.4. The minimum Gasteiger partial charge on any atom is -0.464 e. The zero-order chi connectivity index (χ0) is 39.2. The van der Waals surface area contributed by atoms with Crippen molar-refractivity contribution in [3.63, 3.8) is 0 Å². The maximum atomic E-state index is 14.4. The number of ether oxygens (including phenoxy) is 2. The van der Waals surface area contributed by atoms with Gasteiger partial charge < -0.3 is 19.1 Å². The first kappa shape index (κ1) is 38.7. The number of nitrogens with zero attached hydrogens (tertiary/aromatic N) is 5. The van der Waals surface area contributed by atoms with E-state index in [9.17, 15) is 19.5 Å². The van der Waals surface area contributed by atoms with Crippen molar-refractivity contribution in [2.24, 2.45) is 23.2 Å². The molecule has 1 aromatic carbocycles. The predicted octanol–water partition coefficient (Wildman–Crippen LogP) is 5.38. The summed E-state index contributed by atoms with van der Waals surface area (Å²) in [4.78, 5) is 53.0. The van der Waals surface area contributed by atoms with Gasteiger partial charge in [0, 0.05) is 84.2 Å². The zero-order valence-electron chi connectivity index (χ0n) is 32.4. The van der Waals surface area contributed by atoms with Crippen LogP contribution in [0, 0.1) is 35.6 Å². The molecule has 2 fully saturated rings. The number of carbonyl (C=O) groups is 3. The number of rotatable bonds is 7. The molecule has 1 aliphatic carbocycles. The van der Waals surface area contributed by atoms with Gasteiger partial charge in [-0.1, -0.05) is 33.3 Å². The molecule has 0 unspecified atom stereocenters. The van der Waals surface area contributed by atoms with Crippen LogP contribution in [0.5, 0.6) is 0 Å². The van der Waals surface area contributed by atoms with Gasteiger partial charge in [-0.2, -0.15) is 0 Å². The Morgan fingerprint density at radius 2 is 2.09 bits per heavy atom. The lowest BCUT2D eigenvalue weighted by Crippen LogP contribution is -2.60. The van der Waals surface area contributed by atoms with Gasteiger partial charge >= 0.3 is 5.97 Å². The number of hydrogen-bond donors (Lipinski definition) is 2. The van der Waals surface area contributed by atoms with Crippen LogP contribution in [0.25, 0.3) is 33.4 Å². The normalized spacial score (nSPS) is 24.5. The van der Waals surface area contributed by atoms with Crippen LogP contribution in [0.15, 0.2) is 41.9 Å². The fourth-order valence-corrected chi connectivity index (χ4v) is 9.18. The Labute approximate surface area is 326 Å². The number of terminal acetylenes is 1. The lowest BCUT2D eigenvalue weighted by Gasteiger charge is -2.37. The lowest BCUT2D eigenvalue weighted by molar-refractivity contribution is -0.156. The van der Waals surface area contributed by atoms with Crippen LogP contribution in [0.4, 0.5) is 0 Å². The maximum Gasteiger partial charge on any atom is 0.324 e. The van der Waals surface area contributed by atoms with Gasteiger partial charge in [0.15, 0.2) is 0 Å². The molecule has 2 amide bonds. The number of aryl methyl sites for hydroxylation is 1. The van der Waals surface area contributed by atoms with E-state index in [0.29, 0.717) is 37.4 Å².